The van der Waals surface area contributed by atoms with E-state index in [1.807, 2.05) is 0 Å². The second kappa shape index (κ2) is 13.5. The molecule has 178 valence electrons. The number of aryl methyl sites for hydroxylation is 1. The molecule has 0 amide bonds. The first-order valence-corrected chi connectivity index (χ1v) is 11.6. The summed E-state index contributed by atoms with van der Waals surface area (Å²) in [5, 5.41) is 16.6. The molecule has 0 aliphatic carbocycles. The number of unbranched alkanes of at least 4 members (excludes halogenated alkanes) is 10. The highest BCUT2D eigenvalue weighted by molar-refractivity contribution is 6.31. The number of carbonyl (C=O) groups is 1. The Morgan fingerprint density at radius 3 is 2.03 bits per heavy atom. The lowest BCUT2D eigenvalue weighted by Gasteiger charge is -2.08. The van der Waals surface area contributed by atoms with Gasteiger partial charge in [0.15, 0.2) is 0 Å². The SMILES string of the molecule is O=C(O)CCCCCCCCCCCCCn1cc(-c2cc(Cl)cc(C(F)(F)F)c2)nn1. The van der Waals surface area contributed by atoms with Crippen LogP contribution in [0.15, 0.2) is 24.4 Å². The average molecular weight is 474 g/mol. The first-order valence-electron chi connectivity index (χ1n) is 11.3. The summed E-state index contributed by atoms with van der Waals surface area (Å²) < 4.78 is 40.6. The number of nitrogens with zero attached hydrogens (tertiary/aromatic N) is 3. The van der Waals surface area contributed by atoms with Gasteiger partial charge in [0.2, 0.25) is 0 Å². The van der Waals surface area contributed by atoms with Crippen LogP contribution in [0.5, 0.6) is 0 Å². The highest BCUT2D eigenvalue weighted by Crippen LogP contribution is 2.34. The van der Waals surface area contributed by atoms with Crippen LogP contribution in [0.2, 0.25) is 5.02 Å². The predicted octanol–water partition coefficient (Wildman–Crippen LogP) is 7.38. The van der Waals surface area contributed by atoms with Gasteiger partial charge in [-0.2, -0.15) is 13.2 Å². The number of aromatic nitrogens is 3. The Bertz CT molecular complexity index is 840. The number of benzene rings is 1. The van der Waals surface area contributed by atoms with Crippen molar-refractivity contribution in [2.45, 2.75) is 89.8 Å². The van der Waals surface area contributed by atoms with Crippen LogP contribution in [0.4, 0.5) is 13.2 Å². The maximum Gasteiger partial charge on any atom is 0.416 e. The van der Waals surface area contributed by atoms with Crippen molar-refractivity contribution in [3.8, 4) is 11.3 Å². The van der Waals surface area contributed by atoms with Crippen LogP contribution in [-0.4, -0.2) is 26.1 Å². The number of alkyl halides is 3. The quantitative estimate of drug-likeness (QED) is 0.274. The summed E-state index contributed by atoms with van der Waals surface area (Å²) in [6, 6.07) is 3.40. The van der Waals surface area contributed by atoms with Gasteiger partial charge < -0.3 is 5.11 Å². The van der Waals surface area contributed by atoms with Gasteiger partial charge in [-0.25, -0.2) is 0 Å². The Balaban J connectivity index is 1.58. The van der Waals surface area contributed by atoms with Crippen molar-refractivity contribution in [3.05, 3.63) is 35.0 Å². The van der Waals surface area contributed by atoms with E-state index in [1.54, 1.807) is 10.9 Å². The molecule has 0 aliphatic heterocycles. The summed E-state index contributed by atoms with van der Waals surface area (Å²) in [6.07, 6.45) is 9.48. The van der Waals surface area contributed by atoms with E-state index < -0.39 is 17.7 Å². The molecule has 1 heterocycles. The minimum absolute atomic E-state index is 0.0163. The zero-order valence-electron chi connectivity index (χ0n) is 18.2. The number of hydrogen-bond acceptors (Lipinski definition) is 3. The van der Waals surface area contributed by atoms with Gasteiger partial charge in [0.1, 0.15) is 5.69 Å². The third-order valence-corrected chi connectivity index (χ3v) is 5.56. The standard InChI is InChI=1S/C23H31ClF3N3O2/c24-20-15-18(14-19(16-20)23(25,26)27)21-17-30(29-28-21)13-11-9-7-5-3-1-2-4-6-8-10-12-22(31)32/h14-17H,1-13H2,(H,31,32). The number of carboxylic acid groups (broad SMARTS) is 1. The van der Waals surface area contributed by atoms with Gasteiger partial charge in [0.05, 0.1) is 11.8 Å². The highest BCUT2D eigenvalue weighted by atomic mass is 35.5. The fourth-order valence-electron chi connectivity index (χ4n) is 3.58. The first kappa shape index (κ1) is 26.2. The molecule has 1 aromatic heterocycles. The zero-order chi connectivity index (χ0) is 23.4. The van der Waals surface area contributed by atoms with Crippen LogP contribution >= 0.6 is 11.6 Å². The van der Waals surface area contributed by atoms with Gasteiger partial charge in [0, 0.05) is 23.6 Å². The van der Waals surface area contributed by atoms with Crippen molar-refractivity contribution in [3.63, 3.8) is 0 Å². The molecular weight excluding hydrogens is 443 g/mol. The van der Waals surface area contributed by atoms with Crippen LogP contribution in [0.3, 0.4) is 0 Å². The molecule has 0 spiro atoms. The van der Waals surface area contributed by atoms with Crippen molar-refractivity contribution < 1.29 is 23.1 Å². The summed E-state index contributed by atoms with van der Waals surface area (Å²) >= 11 is 5.84. The molecule has 0 radical (unpaired) electrons. The fraction of sp³-hybridized carbons (Fsp3) is 0.609. The highest BCUT2D eigenvalue weighted by Gasteiger charge is 2.31. The second-order valence-corrected chi connectivity index (χ2v) is 8.56. The minimum Gasteiger partial charge on any atom is -0.481 e. The summed E-state index contributed by atoms with van der Waals surface area (Å²) in [6.45, 7) is 0.677. The Morgan fingerprint density at radius 1 is 0.906 bits per heavy atom. The number of rotatable bonds is 15. The summed E-state index contributed by atoms with van der Waals surface area (Å²) in [5.41, 5.74) is -0.119. The van der Waals surface area contributed by atoms with E-state index >= 15 is 0 Å². The predicted molar refractivity (Wildman–Crippen MR) is 119 cm³/mol. The van der Waals surface area contributed by atoms with Gasteiger partial charge in [0.25, 0.3) is 0 Å². The second-order valence-electron chi connectivity index (χ2n) is 8.13. The van der Waals surface area contributed by atoms with Gasteiger partial charge in [-0.15, -0.1) is 5.10 Å². The minimum atomic E-state index is -4.46. The first-order chi connectivity index (χ1) is 15.3. The molecule has 2 aromatic rings. The Labute approximate surface area is 192 Å². The lowest BCUT2D eigenvalue weighted by Crippen LogP contribution is -2.04. The van der Waals surface area contributed by atoms with E-state index in [1.165, 1.54) is 38.2 Å². The molecular formula is C23H31ClF3N3O2. The summed E-state index contributed by atoms with van der Waals surface area (Å²) in [4.78, 5) is 10.4. The van der Waals surface area contributed by atoms with Gasteiger partial charge in [-0.05, 0) is 31.0 Å². The van der Waals surface area contributed by atoms with Crippen molar-refractivity contribution in [2.75, 3.05) is 0 Å². The molecule has 0 saturated heterocycles. The van der Waals surface area contributed by atoms with Crippen LogP contribution in [0.25, 0.3) is 11.3 Å². The summed E-state index contributed by atoms with van der Waals surface area (Å²) in [7, 11) is 0. The number of halogens is 4. The third kappa shape index (κ3) is 10.0. The van der Waals surface area contributed by atoms with E-state index in [0.717, 1.165) is 50.7 Å². The molecule has 0 atom stereocenters. The molecule has 5 nitrogen and oxygen atoms in total. The number of carboxylic acids is 1. The summed E-state index contributed by atoms with van der Waals surface area (Å²) in [5.74, 6) is -0.713. The smallest absolute Gasteiger partial charge is 0.416 e. The van der Waals surface area contributed by atoms with Crippen molar-refractivity contribution in [1.82, 2.24) is 15.0 Å². The van der Waals surface area contributed by atoms with Gasteiger partial charge >= 0.3 is 12.1 Å². The van der Waals surface area contributed by atoms with E-state index in [2.05, 4.69) is 10.3 Å². The number of aliphatic carboxylic acids is 1. The third-order valence-electron chi connectivity index (χ3n) is 5.34. The van der Waals surface area contributed by atoms with Crippen LogP contribution in [0, 0.1) is 0 Å². The maximum atomic E-state index is 13.0. The van der Waals surface area contributed by atoms with E-state index in [9.17, 15) is 18.0 Å². The zero-order valence-corrected chi connectivity index (χ0v) is 19.0. The van der Waals surface area contributed by atoms with Crippen LogP contribution in [-0.2, 0) is 17.5 Å². The maximum absolute atomic E-state index is 13.0. The molecule has 9 heteroatoms. The van der Waals surface area contributed by atoms with Crippen molar-refractivity contribution in [2.24, 2.45) is 0 Å². The van der Waals surface area contributed by atoms with E-state index in [0.29, 0.717) is 17.8 Å². The Kier molecular flexibility index (Phi) is 11.0. The average Bonchev–Trinajstić information content (AvgIpc) is 3.19. The Hall–Kier alpha value is -2.09. The molecule has 2 rings (SSSR count). The molecule has 0 bridgehead atoms. The van der Waals surface area contributed by atoms with Gasteiger partial charge in [-0.1, -0.05) is 74.6 Å². The molecule has 1 aromatic carbocycles. The molecule has 0 aliphatic rings. The number of hydrogen-bond donors (Lipinski definition) is 1. The topological polar surface area (TPSA) is 68.0 Å². The van der Waals surface area contributed by atoms with Crippen LogP contribution in [0.1, 0.15) is 82.6 Å². The molecule has 1 N–H and O–H groups in total. The van der Waals surface area contributed by atoms with Crippen molar-refractivity contribution >= 4 is 17.6 Å². The fourth-order valence-corrected chi connectivity index (χ4v) is 3.82. The normalized spacial score (nSPS) is 11.8. The van der Waals surface area contributed by atoms with E-state index in [-0.39, 0.29) is 11.4 Å². The molecule has 0 unspecified atom stereocenters. The lowest BCUT2D eigenvalue weighted by molar-refractivity contribution is -0.138. The van der Waals surface area contributed by atoms with Crippen molar-refractivity contribution in [1.29, 1.82) is 0 Å². The molecule has 32 heavy (non-hydrogen) atoms. The molecule has 0 fully saturated rings. The van der Waals surface area contributed by atoms with Crippen LogP contribution < -0.4 is 0 Å². The van der Waals surface area contributed by atoms with Gasteiger partial charge in [-0.3, -0.25) is 9.48 Å². The monoisotopic (exact) mass is 473 g/mol. The Morgan fingerprint density at radius 2 is 1.47 bits per heavy atom. The lowest BCUT2D eigenvalue weighted by atomic mass is 10.1. The van der Waals surface area contributed by atoms with E-state index in [4.69, 9.17) is 16.7 Å². The largest absolute Gasteiger partial charge is 0.481 e. The molecule has 0 saturated carbocycles.